The van der Waals surface area contributed by atoms with E-state index in [1.165, 1.54) is 4.90 Å². The van der Waals surface area contributed by atoms with Crippen LogP contribution in [0, 0.1) is 0 Å². The van der Waals surface area contributed by atoms with Crippen LogP contribution < -0.4 is 0 Å². The second-order valence-corrected chi connectivity index (χ2v) is 6.39. The number of hydrogen-bond donors (Lipinski definition) is 0. The minimum atomic E-state index is -0.254. The van der Waals surface area contributed by atoms with Gasteiger partial charge >= 0.3 is 0 Å². The molecule has 0 aliphatic carbocycles. The van der Waals surface area contributed by atoms with Crippen LogP contribution in [-0.4, -0.2) is 52.4 Å². The first-order chi connectivity index (χ1) is 12.1. The number of fused-ring (bicyclic) bond motifs is 6. The maximum Gasteiger partial charge on any atom is 0.265 e. The molecule has 6 heteroatoms. The fraction of sp³-hybridized carbons (Fsp3) is 0.368. The Kier molecular flexibility index (Phi) is 3.65. The lowest BCUT2D eigenvalue weighted by atomic mass is 10.0. The summed E-state index contributed by atoms with van der Waals surface area (Å²) in [6.45, 7) is 7.00. The highest BCUT2D eigenvalue weighted by Crippen LogP contribution is 2.38. The third kappa shape index (κ3) is 2.14. The van der Waals surface area contributed by atoms with Crippen LogP contribution in [-0.2, 0) is 7.05 Å². The second-order valence-electron chi connectivity index (χ2n) is 6.39. The molecule has 2 aromatic heterocycles. The summed E-state index contributed by atoms with van der Waals surface area (Å²) >= 11 is 0. The van der Waals surface area contributed by atoms with Crippen LogP contribution in [0.2, 0.25) is 0 Å². The fourth-order valence-corrected chi connectivity index (χ4v) is 3.76. The maximum atomic E-state index is 13.1. The van der Waals surface area contributed by atoms with Crippen LogP contribution in [0.15, 0.2) is 29.0 Å². The minimum Gasteiger partial charge on any atom is -0.463 e. The maximum absolute atomic E-state index is 13.1. The molecule has 0 radical (unpaired) electrons. The molecule has 130 valence electrons. The van der Waals surface area contributed by atoms with Gasteiger partial charge in [0.25, 0.3) is 11.8 Å². The average molecular weight is 339 g/mol. The zero-order chi connectivity index (χ0) is 17.7. The number of aromatic nitrogens is 1. The van der Waals surface area contributed by atoms with Gasteiger partial charge in [0, 0.05) is 37.1 Å². The van der Waals surface area contributed by atoms with Gasteiger partial charge in [0.1, 0.15) is 5.58 Å². The molecular weight excluding hydrogens is 318 g/mol. The molecule has 0 unspecified atom stereocenters. The van der Waals surface area contributed by atoms with Crippen LogP contribution in [0.3, 0.4) is 0 Å². The Morgan fingerprint density at radius 3 is 2.48 bits per heavy atom. The summed E-state index contributed by atoms with van der Waals surface area (Å²) in [4.78, 5) is 29.6. The lowest BCUT2D eigenvalue weighted by Gasteiger charge is -2.21. The third-order valence-electron chi connectivity index (χ3n) is 5.19. The van der Waals surface area contributed by atoms with Crippen molar-refractivity contribution in [1.29, 1.82) is 0 Å². The average Bonchev–Trinajstić information content (AvgIpc) is 3.28. The summed E-state index contributed by atoms with van der Waals surface area (Å²) in [5.41, 5.74) is 2.18. The molecule has 0 spiro atoms. The van der Waals surface area contributed by atoms with Crippen molar-refractivity contribution in [2.45, 2.75) is 13.8 Å². The number of imide groups is 1. The number of benzene rings is 1. The van der Waals surface area contributed by atoms with Crippen molar-refractivity contribution in [2.75, 3.05) is 26.2 Å². The van der Waals surface area contributed by atoms with Crippen molar-refractivity contribution in [1.82, 2.24) is 14.4 Å². The van der Waals surface area contributed by atoms with E-state index in [0.717, 1.165) is 29.4 Å². The van der Waals surface area contributed by atoms with Gasteiger partial charge in [-0.05, 0) is 25.2 Å². The van der Waals surface area contributed by atoms with Gasteiger partial charge in [-0.15, -0.1) is 0 Å². The van der Waals surface area contributed by atoms with Gasteiger partial charge in [-0.25, -0.2) is 0 Å². The number of rotatable bonds is 5. The lowest BCUT2D eigenvalue weighted by molar-refractivity contribution is 0.0639. The number of carbonyl (C=O) groups is 2. The van der Waals surface area contributed by atoms with Crippen molar-refractivity contribution in [3.05, 3.63) is 35.7 Å². The van der Waals surface area contributed by atoms with Crippen molar-refractivity contribution in [3.8, 4) is 0 Å². The van der Waals surface area contributed by atoms with Gasteiger partial charge < -0.3 is 13.9 Å². The number of aryl methyl sites for hydroxylation is 1. The standard InChI is InChI=1S/C19H21N3O3/c1-4-21(5-2)9-10-22-18(23)14-15(19(22)24)17-13(7-11-25-17)12-6-8-20(3)16(12)14/h6-8,11H,4-5,9-10H2,1-3H3. The van der Waals surface area contributed by atoms with E-state index in [9.17, 15) is 9.59 Å². The molecule has 3 aromatic rings. The first-order valence-electron chi connectivity index (χ1n) is 8.65. The highest BCUT2D eigenvalue weighted by atomic mass is 16.3. The van der Waals surface area contributed by atoms with E-state index in [1.54, 1.807) is 6.26 Å². The van der Waals surface area contributed by atoms with Crippen LogP contribution >= 0.6 is 0 Å². The Morgan fingerprint density at radius 2 is 1.76 bits per heavy atom. The third-order valence-corrected chi connectivity index (χ3v) is 5.19. The summed E-state index contributed by atoms with van der Waals surface area (Å²) in [6.07, 6.45) is 3.49. The molecule has 0 atom stereocenters. The number of likely N-dealkylation sites (N-methyl/N-ethyl adjacent to an activating group) is 1. The summed E-state index contributed by atoms with van der Waals surface area (Å²) < 4.78 is 7.50. The van der Waals surface area contributed by atoms with Gasteiger partial charge in [0.15, 0.2) is 0 Å². The van der Waals surface area contributed by atoms with E-state index in [4.69, 9.17) is 4.42 Å². The molecule has 1 aromatic carbocycles. The lowest BCUT2D eigenvalue weighted by Crippen LogP contribution is -2.38. The summed E-state index contributed by atoms with van der Waals surface area (Å²) in [6, 6.07) is 3.82. The van der Waals surface area contributed by atoms with Gasteiger partial charge in [-0.3, -0.25) is 14.5 Å². The first kappa shape index (κ1) is 15.9. The first-order valence-corrected chi connectivity index (χ1v) is 8.65. The molecular formula is C19H21N3O3. The molecule has 2 amide bonds. The molecule has 25 heavy (non-hydrogen) atoms. The van der Waals surface area contributed by atoms with Crippen LogP contribution in [0.5, 0.6) is 0 Å². The molecule has 0 N–H and O–H groups in total. The molecule has 0 saturated carbocycles. The van der Waals surface area contributed by atoms with Crippen molar-refractivity contribution in [3.63, 3.8) is 0 Å². The molecule has 1 aliphatic rings. The molecule has 0 bridgehead atoms. The van der Waals surface area contributed by atoms with Crippen LogP contribution in [0.4, 0.5) is 0 Å². The monoisotopic (exact) mass is 339 g/mol. The number of amides is 2. The summed E-state index contributed by atoms with van der Waals surface area (Å²) in [5.74, 6) is -0.479. The number of hydrogen-bond acceptors (Lipinski definition) is 4. The molecule has 0 fully saturated rings. The molecule has 0 saturated heterocycles. The van der Waals surface area contributed by atoms with Gasteiger partial charge in [-0.2, -0.15) is 0 Å². The van der Waals surface area contributed by atoms with E-state index in [1.807, 2.05) is 29.9 Å². The zero-order valence-electron chi connectivity index (χ0n) is 14.7. The van der Waals surface area contributed by atoms with E-state index >= 15 is 0 Å². The van der Waals surface area contributed by atoms with Gasteiger partial charge in [0.05, 0.1) is 22.9 Å². The van der Waals surface area contributed by atoms with E-state index in [0.29, 0.717) is 29.8 Å². The Morgan fingerprint density at radius 1 is 1.04 bits per heavy atom. The molecule has 6 nitrogen and oxygen atoms in total. The predicted octanol–water partition coefficient (Wildman–Crippen LogP) is 2.86. The van der Waals surface area contributed by atoms with E-state index in [-0.39, 0.29) is 11.8 Å². The highest BCUT2D eigenvalue weighted by molar-refractivity contribution is 6.32. The Hall–Kier alpha value is -2.60. The van der Waals surface area contributed by atoms with E-state index in [2.05, 4.69) is 18.7 Å². The zero-order valence-corrected chi connectivity index (χ0v) is 14.7. The highest BCUT2D eigenvalue weighted by Gasteiger charge is 2.40. The summed E-state index contributed by atoms with van der Waals surface area (Å²) in [5, 5.41) is 1.82. The fourth-order valence-electron chi connectivity index (χ4n) is 3.76. The van der Waals surface area contributed by atoms with Crippen LogP contribution in [0.25, 0.3) is 21.9 Å². The Bertz CT molecular complexity index is 994. The molecule has 1 aliphatic heterocycles. The predicted molar refractivity (Wildman–Crippen MR) is 95.8 cm³/mol. The van der Waals surface area contributed by atoms with E-state index < -0.39 is 0 Å². The SMILES string of the molecule is CCN(CC)CCN1C(=O)c2c(c3c(ccn3C)c3ccoc23)C1=O. The normalized spacial score (nSPS) is 14.5. The smallest absolute Gasteiger partial charge is 0.265 e. The van der Waals surface area contributed by atoms with Gasteiger partial charge in [-0.1, -0.05) is 13.8 Å². The minimum absolute atomic E-state index is 0.225. The Labute approximate surface area is 145 Å². The van der Waals surface area contributed by atoms with Crippen molar-refractivity contribution in [2.24, 2.45) is 7.05 Å². The summed E-state index contributed by atoms with van der Waals surface area (Å²) in [7, 11) is 1.89. The number of furan rings is 1. The number of carbonyl (C=O) groups excluding carboxylic acids is 2. The second kappa shape index (κ2) is 5.74. The van der Waals surface area contributed by atoms with Crippen molar-refractivity contribution < 1.29 is 14.0 Å². The van der Waals surface area contributed by atoms with Crippen LogP contribution in [0.1, 0.15) is 34.6 Å². The van der Waals surface area contributed by atoms with Crippen molar-refractivity contribution >= 4 is 33.7 Å². The largest absolute Gasteiger partial charge is 0.463 e. The molecule has 4 rings (SSSR count). The quantitative estimate of drug-likeness (QED) is 0.671. The Balaban J connectivity index is 1.85. The topological polar surface area (TPSA) is 58.7 Å². The van der Waals surface area contributed by atoms with Gasteiger partial charge in [0.2, 0.25) is 0 Å². The number of nitrogens with zero attached hydrogens (tertiary/aromatic N) is 3. The molecule has 3 heterocycles.